The molecule has 132 valence electrons. The molecule has 2 aromatic carbocycles. The summed E-state index contributed by atoms with van der Waals surface area (Å²) >= 11 is 0. The fourth-order valence-corrected chi connectivity index (χ4v) is 3.03. The number of hydrogen-bond acceptors (Lipinski definition) is 4. The average Bonchev–Trinajstić information content (AvgIpc) is 3.11. The van der Waals surface area contributed by atoms with Gasteiger partial charge in [-0.3, -0.25) is 0 Å². The van der Waals surface area contributed by atoms with Gasteiger partial charge in [0.2, 0.25) is 0 Å². The Morgan fingerprint density at radius 3 is 2.76 bits per heavy atom. The number of nitrogens with zero attached hydrogens (tertiary/aromatic N) is 2. The van der Waals surface area contributed by atoms with E-state index < -0.39 is 0 Å². The number of nitrogens with one attached hydrogen (secondary N) is 1. The minimum atomic E-state index is 0.189. The Hall–Kier alpha value is -2.56. The largest absolute Gasteiger partial charge is 0.507 e. The van der Waals surface area contributed by atoms with Crippen LogP contribution in [-0.4, -0.2) is 27.1 Å². The Morgan fingerprint density at radius 1 is 1.12 bits per heavy atom. The SMILES string of the molecule is CCCCC(CC)COc1ccc(-c2cccc3n[nH]nc23)c(O)c1. The predicted octanol–water partition coefficient (Wildman–Crippen LogP) is 4.93. The highest BCUT2D eigenvalue weighted by Crippen LogP contribution is 2.35. The van der Waals surface area contributed by atoms with Crippen LogP contribution in [-0.2, 0) is 0 Å². The van der Waals surface area contributed by atoms with Crippen molar-refractivity contribution in [2.45, 2.75) is 39.5 Å². The summed E-state index contributed by atoms with van der Waals surface area (Å²) in [5.74, 6) is 1.45. The second-order valence-corrected chi connectivity index (χ2v) is 6.40. The van der Waals surface area contributed by atoms with Crippen LogP contribution in [0.3, 0.4) is 0 Å². The summed E-state index contributed by atoms with van der Waals surface area (Å²) in [6, 6.07) is 11.2. The van der Waals surface area contributed by atoms with E-state index >= 15 is 0 Å². The van der Waals surface area contributed by atoms with Gasteiger partial charge in [0.1, 0.15) is 22.5 Å². The monoisotopic (exact) mass is 339 g/mol. The number of unbranched alkanes of at least 4 members (excludes halogenated alkanes) is 1. The summed E-state index contributed by atoms with van der Waals surface area (Å²) in [5.41, 5.74) is 3.10. The van der Waals surface area contributed by atoms with Gasteiger partial charge in [-0.15, -0.1) is 0 Å². The molecule has 0 aliphatic carbocycles. The molecule has 0 saturated carbocycles. The van der Waals surface area contributed by atoms with E-state index in [1.54, 1.807) is 6.07 Å². The molecule has 5 nitrogen and oxygen atoms in total. The van der Waals surface area contributed by atoms with Crippen molar-refractivity contribution in [2.75, 3.05) is 6.61 Å². The fourth-order valence-electron chi connectivity index (χ4n) is 3.03. The molecule has 1 heterocycles. The second kappa shape index (κ2) is 8.01. The smallest absolute Gasteiger partial charge is 0.127 e. The highest BCUT2D eigenvalue weighted by atomic mass is 16.5. The van der Waals surface area contributed by atoms with Crippen LogP contribution in [0.15, 0.2) is 36.4 Å². The van der Waals surface area contributed by atoms with Crippen LogP contribution >= 0.6 is 0 Å². The minimum Gasteiger partial charge on any atom is -0.507 e. The summed E-state index contributed by atoms with van der Waals surface area (Å²) in [6.07, 6.45) is 4.73. The van der Waals surface area contributed by atoms with E-state index in [0.717, 1.165) is 28.6 Å². The van der Waals surface area contributed by atoms with Crippen LogP contribution in [0.1, 0.15) is 39.5 Å². The molecule has 0 saturated heterocycles. The topological polar surface area (TPSA) is 71.0 Å². The Balaban J connectivity index is 1.76. The van der Waals surface area contributed by atoms with Gasteiger partial charge in [0.15, 0.2) is 0 Å². The van der Waals surface area contributed by atoms with E-state index in [1.807, 2.05) is 30.3 Å². The van der Waals surface area contributed by atoms with Gasteiger partial charge in [0, 0.05) is 17.2 Å². The van der Waals surface area contributed by atoms with Crippen LogP contribution in [0, 0.1) is 5.92 Å². The van der Waals surface area contributed by atoms with Crippen molar-refractivity contribution >= 4 is 11.0 Å². The number of fused-ring (bicyclic) bond motifs is 1. The van der Waals surface area contributed by atoms with Crippen molar-refractivity contribution < 1.29 is 9.84 Å². The van der Waals surface area contributed by atoms with E-state index in [2.05, 4.69) is 29.3 Å². The molecule has 0 bridgehead atoms. The molecule has 5 heteroatoms. The Kier molecular flexibility index (Phi) is 5.53. The number of ether oxygens (including phenoxy) is 1. The maximum Gasteiger partial charge on any atom is 0.127 e. The van der Waals surface area contributed by atoms with Crippen molar-refractivity contribution in [1.82, 2.24) is 15.4 Å². The van der Waals surface area contributed by atoms with Crippen molar-refractivity contribution in [3.05, 3.63) is 36.4 Å². The summed E-state index contributed by atoms with van der Waals surface area (Å²) in [4.78, 5) is 0. The van der Waals surface area contributed by atoms with Gasteiger partial charge in [-0.25, -0.2) is 0 Å². The number of hydrogen-bond donors (Lipinski definition) is 2. The zero-order chi connectivity index (χ0) is 17.6. The summed E-state index contributed by atoms with van der Waals surface area (Å²) in [6.45, 7) is 5.09. The molecule has 25 heavy (non-hydrogen) atoms. The van der Waals surface area contributed by atoms with Crippen LogP contribution in [0.4, 0.5) is 0 Å². The standard InChI is InChI=1S/C20H25N3O2/c1-3-5-7-14(4-2)13-25-15-10-11-16(19(24)12-15)17-8-6-9-18-20(17)22-23-21-18/h6,8-12,14,24H,3-5,7,13H2,1-2H3,(H,21,22,23). The number of phenolic OH excluding ortho intramolecular Hbond substituents is 1. The van der Waals surface area contributed by atoms with Gasteiger partial charge >= 0.3 is 0 Å². The molecule has 0 aliphatic rings. The summed E-state index contributed by atoms with van der Waals surface area (Å²) < 4.78 is 5.91. The zero-order valence-electron chi connectivity index (χ0n) is 14.8. The lowest BCUT2D eigenvalue weighted by molar-refractivity contribution is 0.232. The number of rotatable bonds is 8. The third kappa shape index (κ3) is 3.92. The molecule has 1 atom stereocenters. The lowest BCUT2D eigenvalue weighted by atomic mass is 10.0. The van der Waals surface area contributed by atoms with Crippen LogP contribution in [0.5, 0.6) is 11.5 Å². The molecule has 0 spiro atoms. The van der Waals surface area contributed by atoms with E-state index in [1.165, 1.54) is 19.3 Å². The van der Waals surface area contributed by atoms with Gasteiger partial charge in [-0.05, 0) is 30.5 Å². The number of phenols is 1. The predicted molar refractivity (Wildman–Crippen MR) is 99.8 cm³/mol. The van der Waals surface area contributed by atoms with Crippen molar-refractivity contribution in [3.8, 4) is 22.6 Å². The van der Waals surface area contributed by atoms with Crippen molar-refractivity contribution in [2.24, 2.45) is 5.92 Å². The van der Waals surface area contributed by atoms with E-state index in [9.17, 15) is 5.11 Å². The van der Waals surface area contributed by atoms with E-state index in [-0.39, 0.29) is 5.75 Å². The Morgan fingerprint density at radius 2 is 2.00 bits per heavy atom. The highest BCUT2D eigenvalue weighted by molar-refractivity contribution is 5.93. The van der Waals surface area contributed by atoms with Crippen molar-refractivity contribution in [1.29, 1.82) is 0 Å². The van der Waals surface area contributed by atoms with Gasteiger partial charge in [0.05, 0.1) is 6.61 Å². The molecule has 1 unspecified atom stereocenters. The van der Waals surface area contributed by atoms with Crippen LogP contribution in [0.25, 0.3) is 22.2 Å². The third-order valence-corrected chi connectivity index (χ3v) is 4.64. The van der Waals surface area contributed by atoms with Gasteiger partial charge in [-0.1, -0.05) is 45.2 Å². The average molecular weight is 339 g/mol. The molecule has 0 aliphatic heterocycles. The highest BCUT2D eigenvalue weighted by Gasteiger charge is 2.13. The number of aromatic hydroxyl groups is 1. The van der Waals surface area contributed by atoms with Gasteiger partial charge in [0.25, 0.3) is 0 Å². The molecular weight excluding hydrogens is 314 g/mol. The zero-order valence-corrected chi connectivity index (χ0v) is 14.8. The first-order chi connectivity index (χ1) is 12.2. The van der Waals surface area contributed by atoms with Gasteiger partial charge < -0.3 is 9.84 Å². The quantitative estimate of drug-likeness (QED) is 0.611. The second-order valence-electron chi connectivity index (χ2n) is 6.40. The Bertz CT molecular complexity index is 829. The molecule has 2 N–H and O–H groups in total. The van der Waals surface area contributed by atoms with Crippen LogP contribution < -0.4 is 4.74 Å². The number of aromatic amines is 1. The first-order valence-electron chi connectivity index (χ1n) is 8.98. The fraction of sp³-hybridized carbons (Fsp3) is 0.400. The van der Waals surface area contributed by atoms with E-state index in [0.29, 0.717) is 18.3 Å². The molecule has 1 aromatic heterocycles. The molecule has 0 fully saturated rings. The lowest BCUT2D eigenvalue weighted by Gasteiger charge is -2.16. The normalized spacial score (nSPS) is 12.4. The lowest BCUT2D eigenvalue weighted by Crippen LogP contribution is -2.11. The minimum absolute atomic E-state index is 0.189. The maximum atomic E-state index is 10.5. The molecule has 3 rings (SSSR count). The number of para-hydroxylation sites is 1. The molecule has 0 amide bonds. The Labute approximate surface area is 148 Å². The molecule has 0 radical (unpaired) electrons. The summed E-state index contributed by atoms with van der Waals surface area (Å²) in [5, 5.41) is 21.4. The van der Waals surface area contributed by atoms with Crippen molar-refractivity contribution in [3.63, 3.8) is 0 Å². The number of H-pyrrole nitrogens is 1. The third-order valence-electron chi connectivity index (χ3n) is 4.64. The first kappa shape index (κ1) is 17.3. The summed E-state index contributed by atoms with van der Waals surface area (Å²) in [7, 11) is 0. The molecule has 3 aromatic rings. The molecular formula is C20H25N3O2. The van der Waals surface area contributed by atoms with Gasteiger partial charge in [-0.2, -0.15) is 15.4 Å². The number of benzene rings is 2. The number of aromatic nitrogens is 3. The van der Waals surface area contributed by atoms with E-state index in [4.69, 9.17) is 4.74 Å². The first-order valence-corrected chi connectivity index (χ1v) is 8.98. The van der Waals surface area contributed by atoms with Crippen LogP contribution in [0.2, 0.25) is 0 Å². The maximum absolute atomic E-state index is 10.5.